The third-order valence-corrected chi connectivity index (χ3v) is 1.66. The summed E-state index contributed by atoms with van der Waals surface area (Å²) in [5.41, 5.74) is 0.534. The van der Waals surface area contributed by atoms with E-state index in [0.717, 1.165) is 6.92 Å². The molecule has 1 aromatic rings. The van der Waals surface area contributed by atoms with Crippen LogP contribution in [0.2, 0.25) is 0 Å². The Kier molecular flexibility index (Phi) is 3.77. The molecule has 1 N–H and O–H groups in total. The van der Waals surface area contributed by atoms with Crippen molar-refractivity contribution in [3.8, 4) is 0 Å². The van der Waals surface area contributed by atoms with Gasteiger partial charge in [0.2, 0.25) is 11.7 Å². The van der Waals surface area contributed by atoms with Crippen molar-refractivity contribution in [3.05, 3.63) is 34.6 Å². The summed E-state index contributed by atoms with van der Waals surface area (Å²) in [5, 5.41) is 3.01. The summed E-state index contributed by atoms with van der Waals surface area (Å²) in [6, 6.07) is 0. The van der Waals surface area contributed by atoms with E-state index in [1.54, 1.807) is 5.43 Å². The highest BCUT2D eigenvalue weighted by atomic mass is 19.2. The molecule has 17 heavy (non-hydrogen) atoms. The van der Waals surface area contributed by atoms with Gasteiger partial charge in [0.25, 0.3) is 0 Å². The monoisotopic (exact) mass is 252 g/mol. The molecule has 0 heterocycles. The molecule has 0 aliphatic heterocycles. The maximum Gasteiger partial charge on any atom is 0.236 e. The molecule has 3 nitrogen and oxygen atoms in total. The van der Waals surface area contributed by atoms with Crippen molar-refractivity contribution in [2.75, 3.05) is 0 Å². The summed E-state index contributed by atoms with van der Waals surface area (Å²) < 4.78 is 64.0. The summed E-state index contributed by atoms with van der Waals surface area (Å²) >= 11 is 0. The van der Waals surface area contributed by atoms with Crippen LogP contribution >= 0.6 is 0 Å². The average molecular weight is 252 g/mol. The van der Waals surface area contributed by atoms with Gasteiger partial charge in [-0.05, 0) is 0 Å². The standard InChI is InChI=1S/C9H5F5N2O/c1-3(17)16-15-2-4-5(10)7(12)9(14)8(13)6(4)11/h2H,1H3,(H,16,17)/b15-2-. The van der Waals surface area contributed by atoms with Gasteiger partial charge in [-0.3, -0.25) is 4.79 Å². The Morgan fingerprint density at radius 3 is 1.82 bits per heavy atom. The van der Waals surface area contributed by atoms with Gasteiger partial charge in [-0.25, -0.2) is 27.4 Å². The van der Waals surface area contributed by atoms with Gasteiger partial charge in [-0.15, -0.1) is 0 Å². The number of rotatable bonds is 2. The number of nitrogens with zero attached hydrogens (tertiary/aromatic N) is 1. The van der Waals surface area contributed by atoms with Crippen LogP contribution in [0.4, 0.5) is 22.0 Å². The van der Waals surface area contributed by atoms with Gasteiger partial charge < -0.3 is 0 Å². The number of benzene rings is 1. The van der Waals surface area contributed by atoms with E-state index in [4.69, 9.17) is 0 Å². The lowest BCUT2D eigenvalue weighted by atomic mass is 10.2. The molecule has 1 amide bonds. The second-order valence-electron chi connectivity index (χ2n) is 2.91. The third-order valence-electron chi connectivity index (χ3n) is 1.66. The lowest BCUT2D eigenvalue weighted by molar-refractivity contribution is -0.118. The minimum Gasteiger partial charge on any atom is -0.274 e. The first-order valence-electron chi connectivity index (χ1n) is 4.17. The summed E-state index contributed by atoms with van der Waals surface area (Å²) in [6.07, 6.45) is 0.331. The third kappa shape index (κ3) is 2.58. The fraction of sp³-hybridized carbons (Fsp3) is 0.111. The molecule has 8 heteroatoms. The van der Waals surface area contributed by atoms with E-state index in [9.17, 15) is 26.7 Å². The van der Waals surface area contributed by atoms with Crippen molar-refractivity contribution in [2.45, 2.75) is 6.92 Å². The molecule has 0 atom stereocenters. The number of carbonyl (C=O) groups is 1. The van der Waals surface area contributed by atoms with Crippen molar-refractivity contribution in [2.24, 2.45) is 5.10 Å². The minimum atomic E-state index is -2.25. The van der Waals surface area contributed by atoms with E-state index in [1.807, 2.05) is 0 Å². The van der Waals surface area contributed by atoms with Crippen LogP contribution in [0.25, 0.3) is 0 Å². The van der Waals surface area contributed by atoms with E-state index >= 15 is 0 Å². The van der Waals surface area contributed by atoms with Gasteiger partial charge in [0.05, 0.1) is 11.8 Å². The van der Waals surface area contributed by atoms with Crippen LogP contribution < -0.4 is 5.43 Å². The Hall–Kier alpha value is -1.99. The Bertz CT molecular complexity index is 472. The van der Waals surface area contributed by atoms with Gasteiger partial charge in [0.15, 0.2) is 23.3 Å². The van der Waals surface area contributed by atoms with Gasteiger partial charge in [-0.1, -0.05) is 0 Å². The lowest BCUT2D eigenvalue weighted by Crippen LogP contribution is -2.14. The zero-order valence-electron chi connectivity index (χ0n) is 8.32. The molecule has 0 unspecified atom stereocenters. The molecule has 0 saturated heterocycles. The minimum absolute atomic E-state index is 0.331. The largest absolute Gasteiger partial charge is 0.274 e. The van der Waals surface area contributed by atoms with Crippen LogP contribution in [-0.2, 0) is 4.79 Å². The Morgan fingerprint density at radius 2 is 1.41 bits per heavy atom. The molecular formula is C9H5F5N2O. The van der Waals surface area contributed by atoms with Crippen LogP contribution in [0.3, 0.4) is 0 Å². The number of hydrogen-bond donors (Lipinski definition) is 1. The molecule has 0 aliphatic rings. The van der Waals surface area contributed by atoms with E-state index in [2.05, 4.69) is 5.10 Å². The smallest absolute Gasteiger partial charge is 0.236 e. The van der Waals surface area contributed by atoms with Crippen molar-refractivity contribution >= 4 is 12.1 Å². The van der Waals surface area contributed by atoms with E-state index in [0.29, 0.717) is 6.21 Å². The molecule has 0 saturated carbocycles. The Balaban J connectivity index is 3.25. The summed E-state index contributed by atoms with van der Waals surface area (Å²) in [6.45, 7) is 1.05. The van der Waals surface area contributed by atoms with E-state index in [1.165, 1.54) is 0 Å². The first-order chi connectivity index (χ1) is 7.86. The molecule has 0 fully saturated rings. The summed E-state index contributed by atoms with van der Waals surface area (Å²) in [7, 11) is 0. The SMILES string of the molecule is CC(=O)N/N=C\c1c(F)c(F)c(F)c(F)c1F. The van der Waals surface area contributed by atoms with Crippen molar-refractivity contribution < 1.29 is 26.7 Å². The van der Waals surface area contributed by atoms with Crippen molar-refractivity contribution in [3.63, 3.8) is 0 Å². The number of nitrogens with one attached hydrogen (secondary N) is 1. The normalized spacial score (nSPS) is 10.9. The highest BCUT2D eigenvalue weighted by molar-refractivity contribution is 5.82. The number of carbonyl (C=O) groups excluding carboxylic acids is 1. The molecule has 0 aliphatic carbocycles. The number of hydrazone groups is 1. The maximum absolute atomic E-state index is 13.0. The zero-order valence-corrected chi connectivity index (χ0v) is 8.32. The number of hydrogen-bond acceptors (Lipinski definition) is 2. The van der Waals surface area contributed by atoms with Crippen LogP contribution in [0.1, 0.15) is 12.5 Å². The van der Waals surface area contributed by atoms with Crippen LogP contribution in [-0.4, -0.2) is 12.1 Å². The molecule has 0 spiro atoms. The summed E-state index contributed by atoms with van der Waals surface area (Å²) in [5.74, 6) is -11.1. The van der Waals surface area contributed by atoms with Crippen molar-refractivity contribution in [1.29, 1.82) is 0 Å². The van der Waals surface area contributed by atoms with Crippen LogP contribution in [0, 0.1) is 29.1 Å². The fourth-order valence-corrected chi connectivity index (χ4v) is 0.923. The topological polar surface area (TPSA) is 41.5 Å². The lowest BCUT2D eigenvalue weighted by Gasteiger charge is -2.03. The molecule has 0 radical (unpaired) electrons. The fourth-order valence-electron chi connectivity index (χ4n) is 0.923. The van der Waals surface area contributed by atoms with Gasteiger partial charge >= 0.3 is 0 Å². The Morgan fingerprint density at radius 1 is 1.00 bits per heavy atom. The maximum atomic E-state index is 13.0. The predicted octanol–water partition coefficient (Wildman–Crippen LogP) is 1.85. The first-order valence-corrected chi connectivity index (χ1v) is 4.17. The molecule has 1 rings (SSSR count). The van der Waals surface area contributed by atoms with E-state index < -0.39 is 40.6 Å². The van der Waals surface area contributed by atoms with Gasteiger partial charge in [0.1, 0.15) is 0 Å². The first kappa shape index (κ1) is 13.1. The number of amides is 1. The van der Waals surface area contributed by atoms with Crippen LogP contribution in [0.5, 0.6) is 0 Å². The molecule has 0 aromatic heterocycles. The second kappa shape index (κ2) is 4.89. The molecule has 92 valence electrons. The predicted molar refractivity (Wildman–Crippen MR) is 47.6 cm³/mol. The highest BCUT2D eigenvalue weighted by Gasteiger charge is 2.24. The van der Waals surface area contributed by atoms with Gasteiger partial charge in [0, 0.05) is 6.92 Å². The van der Waals surface area contributed by atoms with Crippen LogP contribution in [0.15, 0.2) is 5.10 Å². The van der Waals surface area contributed by atoms with Crippen molar-refractivity contribution in [1.82, 2.24) is 5.43 Å². The Labute approximate surface area is 91.9 Å². The molecular weight excluding hydrogens is 247 g/mol. The quantitative estimate of drug-likeness (QED) is 0.282. The zero-order chi connectivity index (χ0) is 13.2. The number of halogens is 5. The molecule has 0 bridgehead atoms. The van der Waals surface area contributed by atoms with Gasteiger partial charge in [-0.2, -0.15) is 5.10 Å². The molecule has 1 aromatic carbocycles. The second-order valence-corrected chi connectivity index (χ2v) is 2.91. The highest BCUT2D eigenvalue weighted by Crippen LogP contribution is 2.21. The summed E-state index contributed by atoms with van der Waals surface area (Å²) in [4.78, 5) is 10.4. The average Bonchev–Trinajstić information content (AvgIpc) is 2.28. The van der Waals surface area contributed by atoms with E-state index in [-0.39, 0.29) is 0 Å².